The SMILES string of the molecule is c1ccc2c(c1)cc(-c1ccc3ccc(-c4cc5ccccc5c5ccccc45)nc3n1)c1ccccc12. The number of nitrogens with zero attached hydrogens (tertiary/aromatic N) is 2. The molecule has 0 aliphatic carbocycles. The zero-order chi connectivity index (χ0) is 25.1. The summed E-state index contributed by atoms with van der Waals surface area (Å²) in [6, 6.07) is 47.3. The molecule has 2 heteroatoms. The molecule has 0 aliphatic rings. The molecule has 0 atom stereocenters. The van der Waals surface area contributed by atoms with E-state index in [-0.39, 0.29) is 0 Å². The molecule has 0 fully saturated rings. The lowest BCUT2D eigenvalue weighted by molar-refractivity contribution is 1.29. The van der Waals surface area contributed by atoms with Gasteiger partial charge in [-0.05, 0) is 79.5 Å². The smallest absolute Gasteiger partial charge is 0.160 e. The molecule has 8 rings (SSSR count). The van der Waals surface area contributed by atoms with E-state index in [0.717, 1.165) is 33.5 Å². The maximum absolute atomic E-state index is 5.12. The summed E-state index contributed by atoms with van der Waals surface area (Å²) in [6.45, 7) is 0. The van der Waals surface area contributed by atoms with E-state index in [9.17, 15) is 0 Å². The molecule has 38 heavy (non-hydrogen) atoms. The summed E-state index contributed by atoms with van der Waals surface area (Å²) in [5, 5.41) is 10.9. The Bertz CT molecular complexity index is 2040. The highest BCUT2D eigenvalue weighted by atomic mass is 14.9. The molecule has 2 nitrogen and oxygen atoms in total. The zero-order valence-electron chi connectivity index (χ0n) is 20.6. The molecule has 0 aliphatic heterocycles. The van der Waals surface area contributed by atoms with Crippen LogP contribution in [0, 0.1) is 0 Å². The van der Waals surface area contributed by atoms with Crippen LogP contribution in [0.3, 0.4) is 0 Å². The van der Waals surface area contributed by atoms with Gasteiger partial charge in [-0.25, -0.2) is 9.97 Å². The van der Waals surface area contributed by atoms with Crippen molar-refractivity contribution in [2.45, 2.75) is 0 Å². The molecule has 2 aromatic heterocycles. The van der Waals surface area contributed by atoms with Crippen molar-refractivity contribution in [2.75, 3.05) is 0 Å². The normalized spacial score (nSPS) is 11.7. The van der Waals surface area contributed by atoms with Gasteiger partial charge >= 0.3 is 0 Å². The molecule has 176 valence electrons. The third-order valence-corrected chi connectivity index (χ3v) is 7.64. The molecule has 0 N–H and O–H groups in total. The summed E-state index contributed by atoms with van der Waals surface area (Å²) < 4.78 is 0. The number of hydrogen-bond donors (Lipinski definition) is 0. The molecule has 0 amide bonds. The van der Waals surface area contributed by atoms with Gasteiger partial charge < -0.3 is 0 Å². The van der Waals surface area contributed by atoms with Crippen molar-refractivity contribution in [3.63, 3.8) is 0 Å². The van der Waals surface area contributed by atoms with Gasteiger partial charge in [0.1, 0.15) is 0 Å². The van der Waals surface area contributed by atoms with Crippen molar-refractivity contribution in [2.24, 2.45) is 0 Å². The molecule has 0 bridgehead atoms. The first-order chi connectivity index (χ1) is 18.8. The van der Waals surface area contributed by atoms with Crippen LogP contribution in [0.15, 0.2) is 133 Å². The van der Waals surface area contributed by atoms with Crippen LogP contribution >= 0.6 is 0 Å². The first-order valence-electron chi connectivity index (χ1n) is 12.9. The highest BCUT2D eigenvalue weighted by Gasteiger charge is 2.13. The highest BCUT2D eigenvalue weighted by molar-refractivity contribution is 6.14. The fourth-order valence-corrected chi connectivity index (χ4v) is 5.83. The van der Waals surface area contributed by atoms with Gasteiger partial charge in [0.15, 0.2) is 5.65 Å². The first-order valence-corrected chi connectivity index (χ1v) is 12.9. The number of hydrogen-bond acceptors (Lipinski definition) is 2. The Kier molecular flexibility index (Phi) is 4.55. The Morgan fingerprint density at radius 1 is 0.316 bits per heavy atom. The summed E-state index contributed by atoms with van der Waals surface area (Å²) in [6.07, 6.45) is 0. The third-order valence-electron chi connectivity index (χ3n) is 7.64. The highest BCUT2D eigenvalue weighted by Crippen LogP contribution is 2.36. The quantitative estimate of drug-likeness (QED) is 0.229. The molecule has 0 unspecified atom stereocenters. The lowest BCUT2D eigenvalue weighted by atomic mass is 9.95. The zero-order valence-corrected chi connectivity index (χ0v) is 20.6. The van der Waals surface area contributed by atoms with E-state index in [1.54, 1.807) is 0 Å². The summed E-state index contributed by atoms with van der Waals surface area (Å²) in [7, 11) is 0. The fraction of sp³-hybridized carbons (Fsp3) is 0. The Hall–Kier alpha value is -5.08. The van der Waals surface area contributed by atoms with Gasteiger partial charge in [0.25, 0.3) is 0 Å². The van der Waals surface area contributed by atoms with Crippen LogP contribution < -0.4 is 0 Å². The number of aromatic nitrogens is 2. The van der Waals surface area contributed by atoms with Crippen molar-refractivity contribution < 1.29 is 0 Å². The molecular weight excluding hydrogens is 460 g/mol. The molecule has 2 heterocycles. The predicted molar refractivity (Wildman–Crippen MR) is 160 cm³/mol. The average molecular weight is 483 g/mol. The van der Waals surface area contributed by atoms with Crippen molar-refractivity contribution in [1.82, 2.24) is 9.97 Å². The van der Waals surface area contributed by atoms with E-state index < -0.39 is 0 Å². The second-order valence-corrected chi connectivity index (χ2v) is 9.82. The monoisotopic (exact) mass is 482 g/mol. The lowest BCUT2D eigenvalue weighted by Gasteiger charge is -2.12. The van der Waals surface area contributed by atoms with Crippen molar-refractivity contribution in [3.05, 3.63) is 133 Å². The first kappa shape index (κ1) is 21.0. The van der Waals surface area contributed by atoms with Gasteiger partial charge in [-0.1, -0.05) is 97.1 Å². The van der Waals surface area contributed by atoms with Gasteiger partial charge in [-0.2, -0.15) is 0 Å². The number of pyridine rings is 2. The maximum Gasteiger partial charge on any atom is 0.160 e. The van der Waals surface area contributed by atoms with Gasteiger partial charge in [-0.3, -0.25) is 0 Å². The molecule has 0 saturated heterocycles. The van der Waals surface area contributed by atoms with Crippen LogP contribution in [0.1, 0.15) is 0 Å². The Labute approximate surface area is 219 Å². The van der Waals surface area contributed by atoms with Gasteiger partial charge in [0.05, 0.1) is 11.4 Å². The fourth-order valence-electron chi connectivity index (χ4n) is 5.83. The Morgan fingerprint density at radius 2 is 0.711 bits per heavy atom. The topological polar surface area (TPSA) is 25.8 Å². The van der Waals surface area contributed by atoms with Crippen molar-refractivity contribution >= 4 is 54.1 Å². The van der Waals surface area contributed by atoms with Gasteiger partial charge in [-0.15, -0.1) is 0 Å². The minimum Gasteiger partial charge on any atom is -0.228 e. The Balaban J connectivity index is 1.36. The van der Waals surface area contributed by atoms with Crippen LogP contribution in [-0.2, 0) is 0 Å². The second-order valence-electron chi connectivity index (χ2n) is 9.82. The second kappa shape index (κ2) is 8.22. The molecule has 0 spiro atoms. The summed E-state index contributed by atoms with van der Waals surface area (Å²) in [5.41, 5.74) is 4.89. The lowest BCUT2D eigenvalue weighted by Crippen LogP contribution is -1.93. The van der Waals surface area contributed by atoms with E-state index in [0.29, 0.717) is 0 Å². The summed E-state index contributed by atoms with van der Waals surface area (Å²) in [5.74, 6) is 0. The number of benzene rings is 6. The minimum atomic E-state index is 0.759. The molecule has 8 aromatic rings. The number of rotatable bonds is 2. The van der Waals surface area contributed by atoms with E-state index in [1.807, 2.05) is 0 Å². The maximum atomic E-state index is 5.12. The van der Waals surface area contributed by atoms with Crippen LogP contribution in [0.25, 0.3) is 76.6 Å². The predicted octanol–water partition coefficient (Wildman–Crippen LogP) is 9.58. The number of fused-ring (bicyclic) bond motifs is 7. The largest absolute Gasteiger partial charge is 0.228 e. The van der Waals surface area contributed by atoms with Crippen LogP contribution in [0.2, 0.25) is 0 Å². The molecule has 0 saturated carbocycles. The van der Waals surface area contributed by atoms with Crippen LogP contribution in [0.5, 0.6) is 0 Å². The summed E-state index contributed by atoms with van der Waals surface area (Å²) in [4.78, 5) is 10.2. The van der Waals surface area contributed by atoms with Crippen LogP contribution in [0.4, 0.5) is 0 Å². The van der Waals surface area contributed by atoms with E-state index in [1.165, 1.54) is 43.1 Å². The summed E-state index contributed by atoms with van der Waals surface area (Å²) >= 11 is 0. The van der Waals surface area contributed by atoms with Gasteiger partial charge in [0.2, 0.25) is 0 Å². The molecular formula is C36H22N2. The average Bonchev–Trinajstić information content (AvgIpc) is 2.99. The molecule has 0 radical (unpaired) electrons. The van der Waals surface area contributed by atoms with Crippen LogP contribution in [-0.4, -0.2) is 9.97 Å². The van der Waals surface area contributed by atoms with E-state index in [4.69, 9.17) is 9.97 Å². The van der Waals surface area contributed by atoms with Crippen molar-refractivity contribution in [3.8, 4) is 22.5 Å². The third kappa shape index (κ3) is 3.21. The van der Waals surface area contributed by atoms with E-state index in [2.05, 4.69) is 133 Å². The Morgan fingerprint density at radius 3 is 1.18 bits per heavy atom. The molecule has 6 aromatic carbocycles. The van der Waals surface area contributed by atoms with Crippen molar-refractivity contribution in [1.29, 1.82) is 0 Å². The van der Waals surface area contributed by atoms with Gasteiger partial charge in [0, 0.05) is 16.5 Å². The standard InChI is InChI=1S/C36H22N2/c1-3-11-26-24(9-1)21-32(30-15-7-5-13-28(26)30)34-19-17-23-18-20-35(38-36(23)37-34)33-22-25-10-2-4-12-27(25)29-14-6-8-16-31(29)33/h1-22H. The van der Waals surface area contributed by atoms with E-state index >= 15 is 0 Å². The minimum absolute atomic E-state index is 0.759.